The van der Waals surface area contributed by atoms with E-state index < -0.39 is 11.7 Å². The van der Waals surface area contributed by atoms with Crippen molar-refractivity contribution in [2.75, 3.05) is 19.1 Å². The number of tetrazole rings is 1. The second-order valence-corrected chi connectivity index (χ2v) is 6.66. The van der Waals surface area contributed by atoms with E-state index in [0.717, 1.165) is 14.9 Å². The minimum atomic E-state index is -0.685. The zero-order valence-electron chi connectivity index (χ0n) is 17.0. The highest BCUT2D eigenvalue weighted by Gasteiger charge is 2.26. The fourth-order valence-corrected chi connectivity index (χ4v) is 3.07. The van der Waals surface area contributed by atoms with Gasteiger partial charge in [-0.15, -0.1) is 4.68 Å². The molecule has 2 aromatic carbocycles. The van der Waals surface area contributed by atoms with E-state index in [2.05, 4.69) is 10.4 Å². The molecule has 152 valence electrons. The largest absolute Gasteiger partial charge is 0.496 e. The number of anilines is 1. The van der Waals surface area contributed by atoms with Crippen molar-refractivity contribution in [3.63, 3.8) is 0 Å². The highest BCUT2D eigenvalue weighted by Crippen LogP contribution is 2.26. The van der Waals surface area contributed by atoms with Gasteiger partial charge < -0.3 is 9.47 Å². The van der Waals surface area contributed by atoms with E-state index in [1.165, 1.54) is 12.0 Å². The molecule has 1 amide bonds. The van der Waals surface area contributed by atoms with Crippen molar-refractivity contribution in [3.05, 3.63) is 58.5 Å². The molecule has 0 aliphatic rings. The summed E-state index contributed by atoms with van der Waals surface area (Å²) in [6, 6.07) is 11.4. The molecule has 1 heterocycles. The molecule has 0 aliphatic carbocycles. The molecule has 3 aromatic rings. The van der Waals surface area contributed by atoms with Gasteiger partial charge in [0.25, 0.3) is 0 Å². The van der Waals surface area contributed by atoms with Gasteiger partial charge in [0.1, 0.15) is 17.2 Å². The molecule has 0 unspecified atom stereocenters. The molecule has 0 N–H and O–H groups in total. The Labute approximate surface area is 168 Å². The first-order valence-corrected chi connectivity index (χ1v) is 9.05. The second-order valence-electron chi connectivity index (χ2n) is 6.66. The molecule has 0 fully saturated rings. The Bertz CT molecular complexity index is 1090. The first-order valence-electron chi connectivity index (χ1n) is 9.05. The summed E-state index contributed by atoms with van der Waals surface area (Å²) in [5, 5.41) is 7.66. The number of nitrogens with zero attached hydrogens (tertiary/aromatic N) is 5. The van der Waals surface area contributed by atoms with Gasteiger partial charge in [0.2, 0.25) is 0 Å². The van der Waals surface area contributed by atoms with Crippen LogP contribution in [0.5, 0.6) is 11.5 Å². The number of hydrogen-bond acceptors (Lipinski definition) is 6. The highest BCUT2D eigenvalue weighted by molar-refractivity contribution is 5.93. The Morgan fingerprint density at radius 1 is 1.03 bits per heavy atom. The van der Waals surface area contributed by atoms with Crippen molar-refractivity contribution < 1.29 is 14.3 Å². The lowest BCUT2D eigenvalue weighted by Gasteiger charge is -2.26. The molecule has 1 aromatic heterocycles. The molecule has 0 spiro atoms. The molecule has 0 bridgehead atoms. The van der Waals surface area contributed by atoms with Crippen LogP contribution in [0.2, 0.25) is 0 Å². The van der Waals surface area contributed by atoms with E-state index in [0.29, 0.717) is 22.9 Å². The summed E-state index contributed by atoms with van der Waals surface area (Å²) in [6.45, 7) is 5.59. The summed E-state index contributed by atoms with van der Waals surface area (Å²) in [5.74, 6) is 1.16. The van der Waals surface area contributed by atoms with Gasteiger partial charge in [0, 0.05) is 11.7 Å². The van der Waals surface area contributed by atoms with Crippen LogP contribution in [0.15, 0.2) is 47.3 Å². The number of benzene rings is 2. The van der Waals surface area contributed by atoms with Crippen molar-refractivity contribution in [2.45, 2.75) is 26.8 Å². The molecule has 9 nitrogen and oxygen atoms in total. The summed E-state index contributed by atoms with van der Waals surface area (Å²) in [4.78, 5) is 27.5. The average molecular weight is 397 g/mol. The first kappa shape index (κ1) is 20.1. The van der Waals surface area contributed by atoms with Crippen LogP contribution in [0.4, 0.5) is 10.5 Å². The van der Waals surface area contributed by atoms with Crippen molar-refractivity contribution in [1.29, 1.82) is 0 Å². The van der Waals surface area contributed by atoms with Gasteiger partial charge in [-0.2, -0.15) is 4.68 Å². The van der Waals surface area contributed by atoms with Crippen LogP contribution >= 0.6 is 0 Å². The SMILES string of the molecule is COc1ccc(N(C(=O)n2nnn(-c3ccccc3OC)c2=O)C(C)C)cc1C. The van der Waals surface area contributed by atoms with E-state index in [4.69, 9.17) is 9.47 Å². The Morgan fingerprint density at radius 3 is 2.34 bits per heavy atom. The number of para-hydroxylation sites is 2. The average Bonchev–Trinajstić information content (AvgIpc) is 3.09. The Morgan fingerprint density at radius 2 is 1.72 bits per heavy atom. The smallest absolute Gasteiger partial charge is 0.377 e. The number of amides is 1. The third-order valence-electron chi connectivity index (χ3n) is 4.45. The predicted octanol–water partition coefficient (Wildman–Crippen LogP) is 2.64. The highest BCUT2D eigenvalue weighted by atomic mass is 16.5. The number of ether oxygens (including phenoxy) is 2. The van der Waals surface area contributed by atoms with Gasteiger partial charge in [-0.25, -0.2) is 9.59 Å². The maximum Gasteiger partial charge on any atom is 0.377 e. The van der Waals surface area contributed by atoms with Gasteiger partial charge in [-0.1, -0.05) is 12.1 Å². The van der Waals surface area contributed by atoms with Crippen LogP contribution in [0, 0.1) is 6.92 Å². The number of methoxy groups -OCH3 is 2. The third kappa shape index (κ3) is 3.71. The quantitative estimate of drug-likeness (QED) is 0.615. The van der Waals surface area contributed by atoms with Crippen LogP contribution in [0.1, 0.15) is 19.4 Å². The van der Waals surface area contributed by atoms with E-state index >= 15 is 0 Å². The summed E-state index contributed by atoms with van der Waals surface area (Å²) < 4.78 is 12.3. The monoisotopic (exact) mass is 397 g/mol. The molecular formula is C20H23N5O4. The normalized spacial score (nSPS) is 10.8. The van der Waals surface area contributed by atoms with Crippen LogP contribution < -0.4 is 20.1 Å². The van der Waals surface area contributed by atoms with Gasteiger partial charge in [-0.05, 0) is 67.1 Å². The van der Waals surface area contributed by atoms with E-state index in [-0.39, 0.29) is 6.04 Å². The zero-order valence-corrected chi connectivity index (χ0v) is 17.0. The maximum absolute atomic E-state index is 13.2. The minimum absolute atomic E-state index is 0.224. The van der Waals surface area contributed by atoms with Gasteiger partial charge in [0.15, 0.2) is 0 Å². The zero-order chi connectivity index (χ0) is 21.1. The number of carbonyl (C=O) groups excluding carboxylic acids is 1. The fourth-order valence-electron chi connectivity index (χ4n) is 3.07. The molecule has 29 heavy (non-hydrogen) atoms. The van der Waals surface area contributed by atoms with E-state index in [9.17, 15) is 9.59 Å². The summed E-state index contributed by atoms with van der Waals surface area (Å²) in [6.07, 6.45) is 0. The Balaban J connectivity index is 2.04. The lowest BCUT2D eigenvalue weighted by Crippen LogP contribution is -2.44. The van der Waals surface area contributed by atoms with Crippen LogP contribution in [0.3, 0.4) is 0 Å². The summed E-state index contributed by atoms with van der Waals surface area (Å²) in [7, 11) is 3.08. The second kappa shape index (κ2) is 8.17. The maximum atomic E-state index is 13.2. The van der Waals surface area contributed by atoms with Crippen molar-refractivity contribution in [3.8, 4) is 17.2 Å². The topological polar surface area (TPSA) is 91.5 Å². The lowest BCUT2D eigenvalue weighted by molar-refractivity contribution is 0.242. The van der Waals surface area contributed by atoms with Gasteiger partial charge >= 0.3 is 11.7 Å². The van der Waals surface area contributed by atoms with Crippen molar-refractivity contribution in [2.24, 2.45) is 0 Å². The van der Waals surface area contributed by atoms with Crippen LogP contribution in [0.25, 0.3) is 5.69 Å². The standard InChI is InChI=1S/C20H23N5O4/c1-13(2)23(15-10-11-17(28-4)14(3)12-15)19(26)25-20(27)24(21-22-25)16-8-6-7-9-18(16)29-5/h6-13H,1-5H3. The minimum Gasteiger partial charge on any atom is -0.496 e. The Hall–Kier alpha value is -3.62. The molecule has 0 saturated carbocycles. The third-order valence-corrected chi connectivity index (χ3v) is 4.45. The van der Waals surface area contributed by atoms with Crippen molar-refractivity contribution in [1.82, 2.24) is 19.8 Å². The van der Waals surface area contributed by atoms with Crippen LogP contribution in [-0.4, -0.2) is 46.1 Å². The molecule has 0 saturated heterocycles. The molecule has 0 radical (unpaired) electrons. The fraction of sp³-hybridized carbons (Fsp3) is 0.300. The lowest BCUT2D eigenvalue weighted by atomic mass is 10.1. The molecular weight excluding hydrogens is 374 g/mol. The summed E-state index contributed by atoms with van der Waals surface area (Å²) >= 11 is 0. The molecule has 0 aliphatic heterocycles. The number of aryl methyl sites for hydroxylation is 1. The van der Waals surface area contributed by atoms with Crippen molar-refractivity contribution >= 4 is 11.7 Å². The number of hydrogen-bond donors (Lipinski definition) is 0. The number of carbonyl (C=O) groups is 1. The Kier molecular flexibility index (Phi) is 5.67. The molecule has 3 rings (SSSR count). The number of rotatable bonds is 5. The van der Waals surface area contributed by atoms with E-state index in [1.54, 1.807) is 43.5 Å². The van der Waals surface area contributed by atoms with Gasteiger partial charge in [-0.3, -0.25) is 4.90 Å². The molecule has 0 atom stereocenters. The number of aromatic nitrogens is 4. The molecule has 9 heteroatoms. The van der Waals surface area contributed by atoms with E-state index in [1.807, 2.05) is 26.8 Å². The van der Waals surface area contributed by atoms with Gasteiger partial charge in [0.05, 0.1) is 14.2 Å². The van der Waals surface area contributed by atoms with Crippen LogP contribution in [-0.2, 0) is 0 Å². The summed E-state index contributed by atoms with van der Waals surface area (Å²) in [5.41, 5.74) is 1.21. The first-order chi connectivity index (χ1) is 13.9. The predicted molar refractivity (Wildman–Crippen MR) is 108 cm³/mol.